The summed E-state index contributed by atoms with van der Waals surface area (Å²) in [5.74, 6) is 2.03. The third-order valence-electron chi connectivity index (χ3n) is 4.13. The van der Waals surface area contributed by atoms with Gasteiger partial charge in [0, 0.05) is 25.2 Å². The molecule has 2 aromatic carbocycles. The summed E-state index contributed by atoms with van der Waals surface area (Å²) in [5, 5.41) is 17.2. The number of aliphatic imine (C=N–C) groups is 1. The lowest BCUT2D eigenvalue weighted by Crippen LogP contribution is -2.38. The zero-order valence-electron chi connectivity index (χ0n) is 16.7. The number of benzene rings is 2. The van der Waals surface area contributed by atoms with Gasteiger partial charge in [0.25, 0.3) is 5.69 Å². The second-order valence-electron chi connectivity index (χ2n) is 6.12. The molecule has 0 saturated heterocycles. The Labute approximate surface area is 170 Å². The molecule has 29 heavy (non-hydrogen) atoms. The number of nitrogens with zero attached hydrogens (tertiary/aromatic N) is 2. The summed E-state index contributed by atoms with van der Waals surface area (Å²) in [6.07, 6.45) is 2.52. The first-order chi connectivity index (χ1) is 14.1. The number of non-ortho nitro benzene ring substituents is 1. The lowest BCUT2D eigenvalue weighted by atomic mass is 10.1. The molecule has 0 unspecified atom stereocenters. The molecule has 0 aliphatic heterocycles. The van der Waals surface area contributed by atoms with E-state index in [1.807, 2.05) is 18.2 Å². The van der Waals surface area contributed by atoms with Gasteiger partial charge >= 0.3 is 0 Å². The summed E-state index contributed by atoms with van der Waals surface area (Å²) in [6, 6.07) is 12.2. The maximum Gasteiger partial charge on any atom is 0.269 e. The van der Waals surface area contributed by atoms with E-state index in [2.05, 4.69) is 22.2 Å². The molecule has 0 amide bonds. The van der Waals surface area contributed by atoms with Crippen LogP contribution in [0.3, 0.4) is 0 Å². The Morgan fingerprint density at radius 3 is 2.41 bits per heavy atom. The predicted octanol–water partition coefficient (Wildman–Crippen LogP) is 3.08. The van der Waals surface area contributed by atoms with Crippen molar-refractivity contribution >= 4 is 11.6 Å². The summed E-state index contributed by atoms with van der Waals surface area (Å²) in [6.45, 7) is 5.35. The Morgan fingerprint density at radius 1 is 1.10 bits per heavy atom. The van der Waals surface area contributed by atoms with Gasteiger partial charge in [-0.2, -0.15) is 0 Å². The minimum absolute atomic E-state index is 0.0655. The van der Waals surface area contributed by atoms with Crippen LogP contribution in [-0.2, 0) is 13.0 Å². The minimum atomic E-state index is -0.417. The van der Waals surface area contributed by atoms with Crippen LogP contribution in [0, 0.1) is 10.1 Å². The van der Waals surface area contributed by atoms with E-state index in [0.717, 1.165) is 17.5 Å². The number of rotatable bonds is 10. The molecule has 0 atom stereocenters. The Hall–Kier alpha value is -3.55. The summed E-state index contributed by atoms with van der Waals surface area (Å²) >= 11 is 0. The standard InChI is InChI=1S/C21H26N4O4/c1-4-12-22-21(24-15-17-5-8-18(9-6-17)25(26)27)23-13-11-16-7-10-19(28-2)20(14-16)29-3/h4-10,14H,1,11-13,15H2,2-3H3,(H2,22,23,24). The second-order valence-corrected chi connectivity index (χ2v) is 6.12. The summed E-state index contributed by atoms with van der Waals surface area (Å²) in [5.41, 5.74) is 2.06. The second kappa shape index (κ2) is 11.3. The van der Waals surface area contributed by atoms with E-state index in [4.69, 9.17) is 9.47 Å². The molecule has 0 saturated carbocycles. The predicted molar refractivity (Wildman–Crippen MR) is 114 cm³/mol. The van der Waals surface area contributed by atoms with Gasteiger partial charge < -0.3 is 20.1 Å². The van der Waals surface area contributed by atoms with Crippen molar-refractivity contribution in [1.29, 1.82) is 0 Å². The first-order valence-electron chi connectivity index (χ1n) is 9.14. The number of methoxy groups -OCH3 is 2. The van der Waals surface area contributed by atoms with E-state index in [0.29, 0.717) is 37.1 Å². The van der Waals surface area contributed by atoms with Crippen LogP contribution >= 0.6 is 0 Å². The van der Waals surface area contributed by atoms with Gasteiger partial charge in [-0.1, -0.05) is 24.3 Å². The molecule has 0 aliphatic rings. The number of nitro groups is 1. The first-order valence-corrected chi connectivity index (χ1v) is 9.14. The van der Waals surface area contributed by atoms with Gasteiger partial charge in [-0.15, -0.1) is 6.58 Å². The molecule has 0 spiro atoms. The van der Waals surface area contributed by atoms with Gasteiger partial charge in [0.05, 0.1) is 25.7 Å². The van der Waals surface area contributed by atoms with E-state index in [-0.39, 0.29) is 5.69 Å². The van der Waals surface area contributed by atoms with Crippen LogP contribution in [0.1, 0.15) is 11.1 Å². The zero-order valence-corrected chi connectivity index (χ0v) is 16.7. The van der Waals surface area contributed by atoms with Gasteiger partial charge in [0.1, 0.15) is 0 Å². The van der Waals surface area contributed by atoms with Crippen LogP contribution in [0.2, 0.25) is 0 Å². The van der Waals surface area contributed by atoms with Crippen LogP contribution in [0.25, 0.3) is 0 Å². The first kappa shape index (κ1) is 21.7. The highest BCUT2D eigenvalue weighted by molar-refractivity contribution is 5.79. The molecule has 2 N–H and O–H groups in total. The van der Waals surface area contributed by atoms with E-state index in [1.54, 1.807) is 32.4 Å². The lowest BCUT2D eigenvalue weighted by molar-refractivity contribution is -0.384. The monoisotopic (exact) mass is 398 g/mol. The van der Waals surface area contributed by atoms with Gasteiger partial charge in [-0.3, -0.25) is 10.1 Å². The molecular formula is C21H26N4O4. The SMILES string of the molecule is C=CCNC(=NCc1ccc([N+](=O)[O-])cc1)NCCc1ccc(OC)c(OC)c1. The van der Waals surface area contributed by atoms with Gasteiger partial charge in [0.15, 0.2) is 17.5 Å². The Bertz CT molecular complexity index is 850. The van der Waals surface area contributed by atoms with E-state index in [9.17, 15) is 10.1 Å². The van der Waals surface area contributed by atoms with Crippen molar-refractivity contribution in [1.82, 2.24) is 10.6 Å². The number of hydrogen-bond donors (Lipinski definition) is 2. The summed E-state index contributed by atoms with van der Waals surface area (Å²) < 4.78 is 10.6. The van der Waals surface area contributed by atoms with Gasteiger partial charge in [-0.25, -0.2) is 4.99 Å². The van der Waals surface area contributed by atoms with Crippen molar-refractivity contribution in [2.75, 3.05) is 27.3 Å². The van der Waals surface area contributed by atoms with Crippen LogP contribution in [0.4, 0.5) is 5.69 Å². The smallest absolute Gasteiger partial charge is 0.269 e. The fraction of sp³-hybridized carbons (Fsp3) is 0.286. The van der Waals surface area contributed by atoms with Crippen molar-refractivity contribution in [2.45, 2.75) is 13.0 Å². The maximum absolute atomic E-state index is 10.7. The average Bonchev–Trinajstić information content (AvgIpc) is 2.75. The molecular weight excluding hydrogens is 372 g/mol. The summed E-state index contributed by atoms with van der Waals surface area (Å²) in [7, 11) is 3.22. The molecule has 0 fully saturated rings. The number of nitro benzene ring substituents is 1. The maximum atomic E-state index is 10.7. The fourth-order valence-electron chi connectivity index (χ4n) is 2.60. The van der Waals surface area contributed by atoms with Gasteiger partial charge in [0.2, 0.25) is 0 Å². The van der Waals surface area contributed by atoms with Crippen LogP contribution < -0.4 is 20.1 Å². The highest BCUT2D eigenvalue weighted by Crippen LogP contribution is 2.27. The Balaban J connectivity index is 1.96. The number of nitrogens with one attached hydrogen (secondary N) is 2. The average molecular weight is 398 g/mol. The zero-order chi connectivity index (χ0) is 21.1. The molecule has 0 aromatic heterocycles. The molecule has 154 valence electrons. The van der Waals surface area contributed by atoms with Crippen LogP contribution in [-0.4, -0.2) is 38.2 Å². The minimum Gasteiger partial charge on any atom is -0.493 e. The van der Waals surface area contributed by atoms with Crippen molar-refractivity contribution in [3.05, 3.63) is 76.4 Å². The number of hydrogen-bond acceptors (Lipinski definition) is 5. The molecule has 0 heterocycles. The van der Waals surface area contributed by atoms with Crippen LogP contribution in [0.5, 0.6) is 11.5 Å². The van der Waals surface area contributed by atoms with Crippen LogP contribution in [0.15, 0.2) is 60.1 Å². The fourth-order valence-corrected chi connectivity index (χ4v) is 2.60. The Morgan fingerprint density at radius 2 is 1.79 bits per heavy atom. The largest absolute Gasteiger partial charge is 0.493 e. The highest BCUT2D eigenvalue weighted by Gasteiger charge is 2.06. The van der Waals surface area contributed by atoms with Crippen molar-refractivity contribution in [2.24, 2.45) is 4.99 Å². The van der Waals surface area contributed by atoms with E-state index < -0.39 is 4.92 Å². The Kier molecular flexibility index (Phi) is 8.50. The number of guanidine groups is 1. The van der Waals surface area contributed by atoms with Crippen molar-refractivity contribution < 1.29 is 14.4 Å². The molecule has 2 rings (SSSR count). The lowest BCUT2D eigenvalue weighted by Gasteiger charge is -2.13. The normalized spacial score (nSPS) is 10.9. The molecule has 8 nitrogen and oxygen atoms in total. The quantitative estimate of drug-likeness (QED) is 0.210. The molecule has 2 aromatic rings. The van der Waals surface area contributed by atoms with Gasteiger partial charge in [-0.05, 0) is 29.7 Å². The third kappa shape index (κ3) is 6.84. The van der Waals surface area contributed by atoms with E-state index in [1.165, 1.54) is 12.1 Å². The molecule has 8 heteroatoms. The molecule has 0 radical (unpaired) electrons. The van der Waals surface area contributed by atoms with Crippen molar-refractivity contribution in [3.63, 3.8) is 0 Å². The highest BCUT2D eigenvalue weighted by atomic mass is 16.6. The van der Waals surface area contributed by atoms with Crippen molar-refractivity contribution in [3.8, 4) is 11.5 Å². The third-order valence-corrected chi connectivity index (χ3v) is 4.13. The number of ether oxygens (including phenoxy) is 2. The molecule has 0 aliphatic carbocycles. The molecule has 0 bridgehead atoms. The topological polar surface area (TPSA) is 98.0 Å². The van der Waals surface area contributed by atoms with E-state index >= 15 is 0 Å². The summed E-state index contributed by atoms with van der Waals surface area (Å²) in [4.78, 5) is 14.9.